The number of carboxylic acids is 1. The molecule has 0 saturated carbocycles. The van der Waals surface area contributed by atoms with Crippen molar-refractivity contribution in [2.24, 2.45) is 0 Å². The first kappa shape index (κ1) is 14.6. The monoisotopic (exact) mass is 304 g/mol. The second-order valence-electron chi connectivity index (χ2n) is 4.15. The van der Waals surface area contributed by atoms with E-state index in [1.54, 1.807) is 5.38 Å². The number of carbonyl (C=O) groups is 1. The fourth-order valence-electron chi connectivity index (χ4n) is 1.77. The first-order valence-corrected chi connectivity index (χ1v) is 6.62. The third-order valence-corrected chi connectivity index (χ3v) is 3.70. The lowest BCUT2D eigenvalue weighted by Gasteiger charge is -2.04. The van der Waals surface area contributed by atoms with Crippen molar-refractivity contribution in [1.29, 1.82) is 0 Å². The predicted octanol–water partition coefficient (Wildman–Crippen LogP) is 3.27. The van der Waals surface area contributed by atoms with Crippen molar-refractivity contribution in [3.8, 4) is 0 Å². The summed E-state index contributed by atoms with van der Waals surface area (Å²) in [5.41, 5.74) is -1.27. The number of hydrogen-bond acceptors (Lipinski definition) is 3. The quantitative estimate of drug-likeness (QED) is 0.943. The Morgan fingerprint density at radius 1 is 1.45 bits per heavy atom. The lowest BCUT2D eigenvalue weighted by atomic mass is 10.2. The smallest absolute Gasteiger partial charge is 0.418 e. The normalized spacial score (nSPS) is 11.8. The second kappa shape index (κ2) is 5.28. The molecule has 0 bridgehead atoms. The molecule has 0 aliphatic rings. The highest BCUT2D eigenvalue weighted by Gasteiger charge is 2.37. The van der Waals surface area contributed by atoms with E-state index in [2.05, 4.69) is 4.98 Å². The van der Waals surface area contributed by atoms with Gasteiger partial charge in [0.2, 0.25) is 0 Å². The summed E-state index contributed by atoms with van der Waals surface area (Å²) in [5, 5.41) is 11.5. The van der Waals surface area contributed by atoms with E-state index in [1.165, 1.54) is 15.9 Å². The maximum atomic E-state index is 12.7. The van der Waals surface area contributed by atoms with Crippen molar-refractivity contribution in [3.05, 3.63) is 39.6 Å². The lowest BCUT2D eigenvalue weighted by Crippen LogP contribution is -2.09. The predicted molar refractivity (Wildman–Crippen MR) is 67.0 cm³/mol. The Labute approximate surface area is 116 Å². The summed E-state index contributed by atoms with van der Waals surface area (Å²) in [6.07, 6.45) is -2.15. The van der Waals surface area contributed by atoms with Crippen molar-refractivity contribution in [3.63, 3.8) is 0 Å². The molecule has 0 radical (unpaired) electrons. The van der Waals surface area contributed by atoms with Crippen LogP contribution < -0.4 is 0 Å². The molecule has 0 unspecified atom stereocenters. The van der Waals surface area contributed by atoms with Gasteiger partial charge in [-0.25, -0.2) is 9.78 Å². The van der Waals surface area contributed by atoms with Crippen molar-refractivity contribution in [2.75, 3.05) is 0 Å². The molecule has 0 aromatic carbocycles. The minimum absolute atomic E-state index is 0.118. The van der Waals surface area contributed by atoms with Gasteiger partial charge in [-0.15, -0.1) is 11.3 Å². The molecule has 20 heavy (non-hydrogen) atoms. The molecular weight excluding hydrogens is 293 g/mol. The second-order valence-corrected chi connectivity index (χ2v) is 5.09. The molecule has 2 rings (SSSR count). The Morgan fingerprint density at radius 2 is 2.15 bits per heavy atom. The average molecular weight is 304 g/mol. The summed E-state index contributed by atoms with van der Waals surface area (Å²) in [6.45, 7) is 2.05. The molecule has 0 fully saturated rings. The Hall–Kier alpha value is -1.83. The molecule has 0 amide bonds. The van der Waals surface area contributed by atoms with Crippen molar-refractivity contribution >= 4 is 17.3 Å². The fourth-order valence-corrected chi connectivity index (χ4v) is 2.50. The molecule has 2 aromatic rings. The van der Waals surface area contributed by atoms with E-state index in [-0.39, 0.29) is 6.54 Å². The first-order valence-electron chi connectivity index (χ1n) is 5.74. The molecule has 1 N–H and O–H groups in total. The number of alkyl halides is 3. The van der Waals surface area contributed by atoms with E-state index < -0.39 is 23.3 Å². The van der Waals surface area contributed by atoms with E-state index in [4.69, 9.17) is 5.11 Å². The number of aromatic carboxylic acids is 1. The number of aromatic nitrogens is 2. The maximum Gasteiger partial charge on any atom is 0.418 e. The molecule has 108 valence electrons. The highest BCUT2D eigenvalue weighted by molar-refractivity contribution is 7.09. The number of carboxylic acid groups (broad SMARTS) is 1. The molecule has 0 atom stereocenters. The first-order chi connectivity index (χ1) is 9.31. The van der Waals surface area contributed by atoms with Crippen molar-refractivity contribution in [2.45, 2.75) is 26.1 Å². The van der Waals surface area contributed by atoms with Gasteiger partial charge in [-0.1, -0.05) is 6.92 Å². The number of halogens is 3. The van der Waals surface area contributed by atoms with Gasteiger partial charge in [0.1, 0.15) is 0 Å². The number of thiazole rings is 1. The van der Waals surface area contributed by atoms with Crippen LogP contribution in [0.5, 0.6) is 0 Å². The highest BCUT2D eigenvalue weighted by Crippen LogP contribution is 2.32. The van der Waals surface area contributed by atoms with E-state index >= 15 is 0 Å². The Balaban J connectivity index is 2.31. The van der Waals surface area contributed by atoms with Gasteiger partial charge in [-0.3, -0.25) is 0 Å². The summed E-state index contributed by atoms with van der Waals surface area (Å²) in [7, 11) is 0. The molecule has 8 heteroatoms. The summed E-state index contributed by atoms with van der Waals surface area (Å²) < 4.78 is 39.4. The van der Waals surface area contributed by atoms with Crippen LogP contribution in [0.3, 0.4) is 0 Å². The van der Waals surface area contributed by atoms with E-state index in [9.17, 15) is 18.0 Å². The molecule has 0 aliphatic carbocycles. The van der Waals surface area contributed by atoms with Gasteiger partial charge >= 0.3 is 12.1 Å². The summed E-state index contributed by atoms with van der Waals surface area (Å²) in [4.78, 5) is 15.1. The van der Waals surface area contributed by atoms with Gasteiger partial charge in [0.15, 0.2) is 0 Å². The summed E-state index contributed by atoms with van der Waals surface area (Å²) in [5.74, 6) is -1.59. The highest BCUT2D eigenvalue weighted by atomic mass is 32.1. The van der Waals surface area contributed by atoms with Gasteiger partial charge in [0.05, 0.1) is 28.4 Å². The zero-order valence-electron chi connectivity index (χ0n) is 10.4. The van der Waals surface area contributed by atoms with Gasteiger partial charge in [-0.05, 0) is 6.42 Å². The Kier molecular flexibility index (Phi) is 3.85. The van der Waals surface area contributed by atoms with Gasteiger partial charge in [-0.2, -0.15) is 13.2 Å². The van der Waals surface area contributed by atoms with Gasteiger partial charge in [0, 0.05) is 17.8 Å². The van der Waals surface area contributed by atoms with Crippen LogP contribution in [0.1, 0.15) is 33.5 Å². The molecule has 0 saturated heterocycles. The van der Waals surface area contributed by atoms with E-state index in [0.29, 0.717) is 5.69 Å². The van der Waals surface area contributed by atoms with Crippen LogP contribution in [0.2, 0.25) is 0 Å². The Bertz CT molecular complexity index is 631. The van der Waals surface area contributed by atoms with Crippen LogP contribution >= 0.6 is 11.3 Å². The zero-order valence-corrected chi connectivity index (χ0v) is 11.3. The molecule has 0 spiro atoms. The minimum atomic E-state index is -4.68. The molecule has 2 heterocycles. The SMILES string of the molecule is CCc1nc(Cn2cc(C(=O)O)c(C(F)(F)F)c2)cs1. The van der Waals surface area contributed by atoms with Gasteiger partial charge in [0.25, 0.3) is 0 Å². The summed E-state index contributed by atoms with van der Waals surface area (Å²) in [6, 6.07) is 0. The lowest BCUT2D eigenvalue weighted by molar-refractivity contribution is -0.138. The van der Waals surface area contributed by atoms with E-state index in [0.717, 1.165) is 23.8 Å². The minimum Gasteiger partial charge on any atom is -0.478 e. The largest absolute Gasteiger partial charge is 0.478 e. The van der Waals surface area contributed by atoms with Crippen LogP contribution in [-0.2, 0) is 19.1 Å². The topological polar surface area (TPSA) is 55.1 Å². The average Bonchev–Trinajstić information content (AvgIpc) is 2.95. The van der Waals surface area contributed by atoms with E-state index in [1.807, 2.05) is 6.92 Å². The number of aryl methyl sites for hydroxylation is 1. The maximum absolute atomic E-state index is 12.7. The van der Waals surface area contributed by atoms with Gasteiger partial charge < -0.3 is 9.67 Å². The number of rotatable bonds is 4. The van der Waals surface area contributed by atoms with Crippen LogP contribution in [0, 0.1) is 0 Å². The Morgan fingerprint density at radius 3 is 2.60 bits per heavy atom. The third-order valence-electron chi connectivity index (χ3n) is 2.66. The van der Waals surface area contributed by atoms with Crippen molar-refractivity contribution < 1.29 is 23.1 Å². The van der Waals surface area contributed by atoms with Crippen LogP contribution in [-0.4, -0.2) is 20.6 Å². The molecule has 0 aliphatic heterocycles. The fraction of sp³-hybridized carbons (Fsp3) is 0.333. The molecule has 2 aromatic heterocycles. The summed E-state index contributed by atoms with van der Waals surface area (Å²) >= 11 is 1.43. The van der Waals surface area contributed by atoms with Crippen LogP contribution in [0.4, 0.5) is 13.2 Å². The molecular formula is C12H11F3N2O2S. The number of hydrogen-bond donors (Lipinski definition) is 1. The zero-order chi connectivity index (χ0) is 14.9. The standard InChI is InChI=1S/C12H11F3N2O2S/c1-2-10-16-7(6-20-10)3-17-4-8(11(18)19)9(5-17)12(13,14)15/h4-6H,2-3H2,1H3,(H,18,19). The third kappa shape index (κ3) is 3.01. The van der Waals surface area contributed by atoms with Crippen LogP contribution in [0.15, 0.2) is 17.8 Å². The molecule has 4 nitrogen and oxygen atoms in total. The number of nitrogens with zero attached hydrogens (tertiary/aromatic N) is 2. The van der Waals surface area contributed by atoms with Crippen LogP contribution in [0.25, 0.3) is 0 Å². The van der Waals surface area contributed by atoms with Crippen molar-refractivity contribution in [1.82, 2.24) is 9.55 Å².